The first-order valence-electron chi connectivity index (χ1n) is 13.3. The quantitative estimate of drug-likeness (QED) is 0.204. The fourth-order valence-corrected chi connectivity index (χ4v) is 4.25. The minimum Gasteiger partial charge on any atom is -0.480 e. The van der Waals surface area contributed by atoms with Gasteiger partial charge in [-0.3, -0.25) is 9.59 Å². The summed E-state index contributed by atoms with van der Waals surface area (Å²) in [6.07, 6.45) is -3.35. The number of carbonyl (C=O) groups is 2. The maximum absolute atomic E-state index is 13.6. The minimum atomic E-state index is -4.62. The first kappa shape index (κ1) is 31.7. The molecule has 1 atom stereocenters. The molecule has 0 aliphatic carbocycles. The van der Waals surface area contributed by atoms with Gasteiger partial charge in [0.15, 0.2) is 0 Å². The highest BCUT2D eigenvalue weighted by molar-refractivity contribution is 6.11. The summed E-state index contributed by atoms with van der Waals surface area (Å²) in [5.41, 5.74) is -0.998. The standard InChI is InChI=1S/C30H28F4N6O4/c1-15(2)29(3,13-35)40-25(41)21-10-17(12-37-27(21)43-5)19-11-20-22(26(42)36-4)23(16-6-8-18(31)9-7-16)44-28(20)39-24(19)38-14-30(32,33)34/h6-12,15H,14H2,1-5H3,(H,36,42)(H,38,39)(H,40,41). The van der Waals surface area contributed by atoms with E-state index in [1.165, 1.54) is 44.6 Å². The molecule has 3 heterocycles. The van der Waals surface area contributed by atoms with Crippen molar-refractivity contribution >= 4 is 28.7 Å². The maximum atomic E-state index is 13.6. The smallest absolute Gasteiger partial charge is 0.405 e. The van der Waals surface area contributed by atoms with Crippen LogP contribution in [0.1, 0.15) is 41.5 Å². The lowest BCUT2D eigenvalue weighted by molar-refractivity contribution is -0.115. The second-order valence-electron chi connectivity index (χ2n) is 10.3. The van der Waals surface area contributed by atoms with E-state index in [-0.39, 0.29) is 56.7 Å². The SMILES string of the molecule is CNC(=O)c1c(-c2ccc(F)cc2)oc2nc(NCC(F)(F)F)c(-c3cnc(OC)c(C(=O)NC(C)(C#N)C(C)C)c3)cc12. The van der Waals surface area contributed by atoms with E-state index in [0.717, 1.165) is 12.1 Å². The summed E-state index contributed by atoms with van der Waals surface area (Å²) in [7, 11) is 2.67. The zero-order valence-electron chi connectivity index (χ0n) is 24.3. The number of hydrogen-bond acceptors (Lipinski definition) is 8. The molecule has 0 bridgehead atoms. The van der Waals surface area contributed by atoms with Gasteiger partial charge >= 0.3 is 6.18 Å². The van der Waals surface area contributed by atoms with Crippen LogP contribution in [0, 0.1) is 23.1 Å². The monoisotopic (exact) mass is 612 g/mol. The number of methoxy groups -OCH3 is 1. The molecule has 1 aromatic carbocycles. The molecule has 4 rings (SSSR count). The maximum Gasteiger partial charge on any atom is 0.405 e. The Balaban J connectivity index is 1.96. The Labute approximate surface area is 249 Å². The highest BCUT2D eigenvalue weighted by Gasteiger charge is 2.33. The van der Waals surface area contributed by atoms with Gasteiger partial charge in [-0.05, 0) is 49.2 Å². The Morgan fingerprint density at radius 2 is 1.80 bits per heavy atom. The van der Waals surface area contributed by atoms with Crippen LogP contribution in [0.15, 0.2) is 47.0 Å². The molecule has 2 amide bonds. The van der Waals surface area contributed by atoms with E-state index < -0.39 is 35.9 Å². The van der Waals surface area contributed by atoms with Crippen molar-refractivity contribution in [2.45, 2.75) is 32.5 Å². The molecule has 14 heteroatoms. The van der Waals surface area contributed by atoms with Crippen LogP contribution in [0.25, 0.3) is 33.6 Å². The number of ether oxygens (including phenoxy) is 1. The number of fused-ring (bicyclic) bond motifs is 1. The number of pyridine rings is 2. The summed E-state index contributed by atoms with van der Waals surface area (Å²) >= 11 is 0. The molecule has 0 radical (unpaired) electrons. The number of nitriles is 1. The van der Waals surface area contributed by atoms with E-state index in [1.807, 2.05) is 0 Å². The molecule has 4 aromatic rings. The van der Waals surface area contributed by atoms with E-state index in [9.17, 15) is 32.4 Å². The van der Waals surface area contributed by atoms with Crippen LogP contribution < -0.4 is 20.7 Å². The number of rotatable bonds is 9. The fraction of sp³-hybridized carbons (Fsp3) is 0.300. The van der Waals surface area contributed by atoms with Gasteiger partial charge in [0.05, 0.1) is 24.1 Å². The van der Waals surface area contributed by atoms with Gasteiger partial charge in [-0.1, -0.05) is 13.8 Å². The number of nitrogens with one attached hydrogen (secondary N) is 3. The third-order valence-electron chi connectivity index (χ3n) is 7.06. The molecular weight excluding hydrogens is 584 g/mol. The average Bonchev–Trinajstić information content (AvgIpc) is 3.36. The molecule has 3 aromatic heterocycles. The van der Waals surface area contributed by atoms with Crippen molar-refractivity contribution in [2.75, 3.05) is 26.0 Å². The molecule has 0 fully saturated rings. The number of amides is 2. The molecular formula is C30H28F4N6O4. The number of halogens is 4. The number of anilines is 1. The van der Waals surface area contributed by atoms with Crippen LogP contribution in [-0.2, 0) is 0 Å². The van der Waals surface area contributed by atoms with Crippen LogP contribution in [0.5, 0.6) is 5.88 Å². The molecule has 0 aliphatic heterocycles. The van der Waals surface area contributed by atoms with Crippen LogP contribution in [0.4, 0.5) is 23.4 Å². The lowest BCUT2D eigenvalue weighted by Crippen LogP contribution is -2.48. The van der Waals surface area contributed by atoms with E-state index in [1.54, 1.807) is 20.8 Å². The van der Waals surface area contributed by atoms with Crippen molar-refractivity contribution in [2.24, 2.45) is 5.92 Å². The van der Waals surface area contributed by atoms with E-state index in [2.05, 4.69) is 32.0 Å². The second kappa shape index (κ2) is 12.2. The van der Waals surface area contributed by atoms with Gasteiger partial charge in [-0.25, -0.2) is 9.37 Å². The van der Waals surface area contributed by atoms with Gasteiger partial charge in [0, 0.05) is 29.9 Å². The van der Waals surface area contributed by atoms with Gasteiger partial charge < -0.3 is 25.1 Å². The van der Waals surface area contributed by atoms with Gasteiger partial charge in [0.2, 0.25) is 11.6 Å². The number of carbonyl (C=O) groups excluding carboxylic acids is 2. The lowest BCUT2D eigenvalue weighted by Gasteiger charge is -2.27. The predicted octanol–water partition coefficient (Wildman–Crippen LogP) is 5.71. The van der Waals surface area contributed by atoms with Crippen LogP contribution in [-0.4, -0.2) is 54.2 Å². The van der Waals surface area contributed by atoms with Crippen molar-refractivity contribution in [3.63, 3.8) is 0 Å². The van der Waals surface area contributed by atoms with Gasteiger partial charge in [-0.2, -0.15) is 23.4 Å². The first-order chi connectivity index (χ1) is 20.7. The van der Waals surface area contributed by atoms with E-state index in [0.29, 0.717) is 5.56 Å². The summed E-state index contributed by atoms with van der Waals surface area (Å²) < 4.78 is 64.6. The number of aromatic nitrogens is 2. The summed E-state index contributed by atoms with van der Waals surface area (Å²) in [6.45, 7) is 3.60. The van der Waals surface area contributed by atoms with Crippen LogP contribution in [0.2, 0.25) is 0 Å². The summed E-state index contributed by atoms with van der Waals surface area (Å²) in [6, 6.07) is 9.89. The molecule has 1 unspecified atom stereocenters. The Bertz CT molecular complexity index is 1760. The zero-order valence-corrected chi connectivity index (χ0v) is 24.3. The zero-order chi connectivity index (χ0) is 32.4. The van der Waals surface area contributed by atoms with Crippen molar-refractivity contribution in [1.82, 2.24) is 20.6 Å². The predicted molar refractivity (Wildman–Crippen MR) is 153 cm³/mol. The fourth-order valence-electron chi connectivity index (χ4n) is 4.25. The number of nitrogens with zero attached hydrogens (tertiary/aromatic N) is 3. The molecule has 44 heavy (non-hydrogen) atoms. The van der Waals surface area contributed by atoms with Gasteiger partial charge in [0.1, 0.15) is 35.0 Å². The number of alkyl halides is 3. The van der Waals surface area contributed by atoms with Crippen molar-refractivity contribution in [3.05, 3.63) is 59.5 Å². The Morgan fingerprint density at radius 1 is 1.11 bits per heavy atom. The normalized spacial score (nSPS) is 12.8. The second-order valence-corrected chi connectivity index (χ2v) is 10.3. The van der Waals surface area contributed by atoms with Crippen LogP contribution >= 0.6 is 0 Å². The van der Waals surface area contributed by atoms with Crippen molar-refractivity contribution in [1.29, 1.82) is 5.26 Å². The Hall–Kier alpha value is -5.19. The lowest BCUT2D eigenvalue weighted by atomic mass is 9.89. The number of benzene rings is 1. The Morgan fingerprint density at radius 3 is 2.36 bits per heavy atom. The molecule has 0 aliphatic rings. The topological polar surface area (TPSA) is 142 Å². The average molecular weight is 613 g/mol. The largest absolute Gasteiger partial charge is 0.480 e. The van der Waals surface area contributed by atoms with E-state index >= 15 is 0 Å². The highest BCUT2D eigenvalue weighted by atomic mass is 19.4. The van der Waals surface area contributed by atoms with Crippen molar-refractivity contribution in [3.8, 4) is 34.4 Å². The summed E-state index contributed by atoms with van der Waals surface area (Å²) in [5.74, 6) is -2.46. The van der Waals surface area contributed by atoms with Gasteiger partial charge in [0.25, 0.3) is 11.8 Å². The first-order valence-corrected chi connectivity index (χ1v) is 13.3. The summed E-state index contributed by atoms with van der Waals surface area (Å²) in [5, 5.41) is 17.2. The molecule has 3 N–H and O–H groups in total. The number of hydrogen-bond donors (Lipinski definition) is 3. The molecule has 10 nitrogen and oxygen atoms in total. The van der Waals surface area contributed by atoms with E-state index in [4.69, 9.17) is 9.15 Å². The summed E-state index contributed by atoms with van der Waals surface area (Å²) in [4.78, 5) is 34.8. The third kappa shape index (κ3) is 6.41. The molecule has 0 saturated heterocycles. The highest BCUT2D eigenvalue weighted by Crippen LogP contribution is 2.39. The molecule has 0 spiro atoms. The van der Waals surface area contributed by atoms with Gasteiger partial charge in [-0.15, -0.1) is 0 Å². The molecule has 230 valence electrons. The number of furan rings is 1. The third-order valence-corrected chi connectivity index (χ3v) is 7.06. The molecule has 0 saturated carbocycles. The Kier molecular flexibility index (Phi) is 8.80. The van der Waals surface area contributed by atoms with Crippen LogP contribution in [0.3, 0.4) is 0 Å². The minimum absolute atomic E-state index is 0.00591. The van der Waals surface area contributed by atoms with Crippen molar-refractivity contribution < 1.29 is 36.3 Å².